The number of nitrogens with one attached hydrogen (secondary N) is 2. The lowest BCUT2D eigenvalue weighted by molar-refractivity contribution is 0.0517. The minimum absolute atomic E-state index is 0.0644. The summed E-state index contributed by atoms with van der Waals surface area (Å²) in [5.41, 5.74) is 1.07. The Morgan fingerprint density at radius 1 is 0.816 bits per heavy atom. The number of esters is 2. The Bertz CT molecular complexity index is 1370. The number of hydrogen-bond acceptors (Lipinski definition) is 9. The van der Waals surface area contributed by atoms with Crippen molar-refractivity contribution < 1.29 is 38.1 Å². The van der Waals surface area contributed by atoms with Crippen LogP contribution >= 0.6 is 11.3 Å². The highest BCUT2D eigenvalue weighted by Gasteiger charge is 2.28. The van der Waals surface area contributed by atoms with Gasteiger partial charge in [-0.3, -0.25) is 9.59 Å². The molecule has 0 saturated heterocycles. The van der Waals surface area contributed by atoms with Gasteiger partial charge in [0, 0.05) is 5.56 Å². The summed E-state index contributed by atoms with van der Waals surface area (Å²) in [7, 11) is 2.93. The number of rotatable bonds is 10. The molecule has 0 saturated carbocycles. The van der Waals surface area contributed by atoms with E-state index in [1.165, 1.54) is 26.4 Å². The van der Waals surface area contributed by atoms with E-state index >= 15 is 0 Å². The molecule has 1 heterocycles. The largest absolute Gasteiger partial charge is 0.493 e. The minimum atomic E-state index is -0.685. The van der Waals surface area contributed by atoms with Crippen molar-refractivity contribution in [2.45, 2.75) is 20.8 Å². The Labute approximate surface area is 223 Å². The van der Waals surface area contributed by atoms with E-state index in [9.17, 15) is 19.2 Å². The Morgan fingerprint density at radius 3 is 2.13 bits per heavy atom. The second-order valence-electron chi connectivity index (χ2n) is 7.72. The van der Waals surface area contributed by atoms with E-state index in [0.29, 0.717) is 17.1 Å². The van der Waals surface area contributed by atoms with E-state index in [2.05, 4.69) is 10.6 Å². The van der Waals surface area contributed by atoms with Crippen LogP contribution in [0.1, 0.15) is 60.2 Å². The summed E-state index contributed by atoms with van der Waals surface area (Å²) in [6.45, 7) is 5.20. The number of carbonyl (C=O) groups is 4. The zero-order valence-corrected chi connectivity index (χ0v) is 22.4. The van der Waals surface area contributed by atoms with Crippen molar-refractivity contribution in [3.8, 4) is 11.5 Å². The molecule has 3 rings (SSSR count). The average Bonchev–Trinajstić information content (AvgIpc) is 3.24. The number of thiophene rings is 1. The molecule has 0 bridgehead atoms. The average molecular weight is 541 g/mol. The summed E-state index contributed by atoms with van der Waals surface area (Å²) >= 11 is 0.916. The van der Waals surface area contributed by atoms with E-state index in [1.807, 2.05) is 0 Å². The van der Waals surface area contributed by atoms with Gasteiger partial charge >= 0.3 is 11.9 Å². The van der Waals surface area contributed by atoms with Crippen molar-refractivity contribution in [3.63, 3.8) is 0 Å². The summed E-state index contributed by atoms with van der Waals surface area (Å²) in [5, 5.41) is 5.56. The smallest absolute Gasteiger partial charge is 0.341 e. The van der Waals surface area contributed by atoms with E-state index < -0.39 is 23.8 Å². The van der Waals surface area contributed by atoms with Crippen LogP contribution in [-0.2, 0) is 9.47 Å². The van der Waals surface area contributed by atoms with E-state index in [-0.39, 0.29) is 45.5 Å². The highest BCUT2D eigenvalue weighted by molar-refractivity contribution is 7.19. The molecule has 0 spiro atoms. The number of hydrogen-bond donors (Lipinski definition) is 2. The quantitative estimate of drug-likeness (QED) is 0.346. The maximum Gasteiger partial charge on any atom is 0.341 e. The maximum atomic E-state index is 13.3. The predicted molar refractivity (Wildman–Crippen MR) is 143 cm³/mol. The molecule has 0 fully saturated rings. The maximum absolute atomic E-state index is 13.3. The zero-order valence-electron chi connectivity index (χ0n) is 21.6. The van der Waals surface area contributed by atoms with Crippen LogP contribution in [0.15, 0.2) is 42.5 Å². The van der Waals surface area contributed by atoms with Gasteiger partial charge in [0.2, 0.25) is 0 Å². The molecule has 0 aliphatic heterocycles. The summed E-state index contributed by atoms with van der Waals surface area (Å²) in [4.78, 5) is 51.6. The van der Waals surface area contributed by atoms with Gasteiger partial charge in [-0.1, -0.05) is 12.1 Å². The standard InChI is InChI=1S/C27H28N2O8S/c1-6-36-26(32)17-10-8-9-11-18(17)28-24(31)22-15(3)21(27(33)37-7-2)25(38-22)29-23(30)16-12-13-19(34-4)20(14-16)35-5/h8-14H,6-7H2,1-5H3,(H,28,31)(H,29,30). The molecule has 200 valence electrons. The number of anilines is 2. The fourth-order valence-corrected chi connectivity index (χ4v) is 4.66. The molecular formula is C27H28N2O8S. The van der Waals surface area contributed by atoms with Gasteiger partial charge < -0.3 is 29.6 Å². The van der Waals surface area contributed by atoms with Crippen molar-refractivity contribution in [1.29, 1.82) is 0 Å². The molecule has 0 unspecified atom stereocenters. The highest BCUT2D eigenvalue weighted by atomic mass is 32.1. The first kappa shape index (κ1) is 28.2. The molecular weight excluding hydrogens is 512 g/mol. The molecule has 0 aliphatic rings. The van der Waals surface area contributed by atoms with Crippen LogP contribution in [0.4, 0.5) is 10.7 Å². The number of methoxy groups -OCH3 is 2. The number of carbonyl (C=O) groups excluding carboxylic acids is 4. The highest BCUT2D eigenvalue weighted by Crippen LogP contribution is 2.35. The summed E-state index contributed by atoms with van der Waals surface area (Å²) < 4.78 is 20.7. The molecule has 3 aromatic rings. The van der Waals surface area contributed by atoms with Gasteiger partial charge in [-0.2, -0.15) is 0 Å². The molecule has 0 aliphatic carbocycles. The third-order valence-corrected chi connectivity index (χ3v) is 6.58. The first-order valence-electron chi connectivity index (χ1n) is 11.7. The minimum Gasteiger partial charge on any atom is -0.493 e. The van der Waals surface area contributed by atoms with Crippen molar-refractivity contribution in [2.75, 3.05) is 38.1 Å². The topological polar surface area (TPSA) is 129 Å². The molecule has 10 nitrogen and oxygen atoms in total. The summed E-state index contributed by atoms with van der Waals surface area (Å²) in [6.07, 6.45) is 0. The Morgan fingerprint density at radius 2 is 1.47 bits per heavy atom. The second-order valence-corrected chi connectivity index (χ2v) is 8.75. The lowest BCUT2D eigenvalue weighted by atomic mass is 10.1. The van der Waals surface area contributed by atoms with Gasteiger partial charge in [-0.15, -0.1) is 11.3 Å². The normalized spacial score (nSPS) is 10.3. The third-order valence-electron chi connectivity index (χ3n) is 5.38. The Hall–Kier alpha value is -4.38. The lowest BCUT2D eigenvalue weighted by Gasteiger charge is -2.10. The first-order chi connectivity index (χ1) is 18.2. The van der Waals surface area contributed by atoms with Gasteiger partial charge in [-0.05, 0) is 56.7 Å². The monoisotopic (exact) mass is 540 g/mol. The Kier molecular flexibility index (Phi) is 9.44. The number of amides is 2. The van der Waals surface area contributed by atoms with Gasteiger partial charge in [-0.25, -0.2) is 9.59 Å². The van der Waals surface area contributed by atoms with Gasteiger partial charge in [0.05, 0.1) is 49.1 Å². The molecule has 2 amide bonds. The van der Waals surface area contributed by atoms with Crippen molar-refractivity contribution in [1.82, 2.24) is 0 Å². The first-order valence-corrected chi connectivity index (χ1v) is 12.5. The molecule has 0 atom stereocenters. The van der Waals surface area contributed by atoms with Crippen LogP contribution in [0.25, 0.3) is 0 Å². The number of benzene rings is 2. The van der Waals surface area contributed by atoms with Crippen molar-refractivity contribution in [2.24, 2.45) is 0 Å². The van der Waals surface area contributed by atoms with Crippen molar-refractivity contribution >= 4 is 45.8 Å². The fourth-order valence-electron chi connectivity index (χ4n) is 3.58. The summed E-state index contributed by atoms with van der Waals surface area (Å²) in [5.74, 6) is -1.56. The molecule has 1 aromatic heterocycles. The van der Waals surface area contributed by atoms with E-state index in [1.54, 1.807) is 51.1 Å². The van der Waals surface area contributed by atoms with E-state index in [0.717, 1.165) is 11.3 Å². The lowest BCUT2D eigenvalue weighted by Crippen LogP contribution is -2.16. The fraction of sp³-hybridized carbons (Fsp3) is 0.259. The van der Waals surface area contributed by atoms with Crippen LogP contribution < -0.4 is 20.1 Å². The van der Waals surface area contributed by atoms with Gasteiger partial charge in [0.1, 0.15) is 5.00 Å². The number of ether oxygens (including phenoxy) is 4. The van der Waals surface area contributed by atoms with Crippen LogP contribution in [0.2, 0.25) is 0 Å². The van der Waals surface area contributed by atoms with Crippen LogP contribution in [-0.4, -0.2) is 51.2 Å². The molecule has 2 aromatic carbocycles. The SMILES string of the molecule is CCOC(=O)c1ccccc1NC(=O)c1sc(NC(=O)c2ccc(OC)c(OC)c2)c(C(=O)OCC)c1C. The van der Waals surface area contributed by atoms with Crippen LogP contribution in [0, 0.1) is 6.92 Å². The number of para-hydroxylation sites is 1. The van der Waals surface area contributed by atoms with Crippen LogP contribution in [0.3, 0.4) is 0 Å². The van der Waals surface area contributed by atoms with Crippen LogP contribution in [0.5, 0.6) is 11.5 Å². The molecule has 2 N–H and O–H groups in total. The molecule has 11 heteroatoms. The second kappa shape index (κ2) is 12.7. The van der Waals surface area contributed by atoms with Gasteiger partial charge in [0.25, 0.3) is 11.8 Å². The molecule has 0 radical (unpaired) electrons. The predicted octanol–water partition coefficient (Wildman–Crippen LogP) is 4.93. The Balaban J connectivity index is 1.96. The zero-order chi connectivity index (χ0) is 27.8. The third kappa shape index (κ3) is 6.12. The van der Waals surface area contributed by atoms with E-state index in [4.69, 9.17) is 18.9 Å². The van der Waals surface area contributed by atoms with Crippen molar-refractivity contribution in [3.05, 3.63) is 69.6 Å². The van der Waals surface area contributed by atoms with Gasteiger partial charge in [0.15, 0.2) is 11.5 Å². The summed E-state index contributed by atoms with van der Waals surface area (Å²) in [6, 6.07) is 11.0. The molecule has 38 heavy (non-hydrogen) atoms.